The smallest absolute Gasteiger partial charge is 0.316 e. The summed E-state index contributed by atoms with van der Waals surface area (Å²) in [4.78, 5) is 35.9. The van der Waals surface area contributed by atoms with Gasteiger partial charge in [-0.2, -0.15) is 0 Å². The number of urea groups is 1. The number of para-hydroxylation sites is 1. The van der Waals surface area contributed by atoms with E-state index in [1.165, 1.54) is 0 Å². The third-order valence-electron chi connectivity index (χ3n) is 4.42. The average Bonchev–Trinajstić information content (AvgIpc) is 2.71. The minimum Gasteiger partial charge on any atom is -0.484 e. The molecule has 4 amide bonds. The Morgan fingerprint density at radius 3 is 2.13 bits per heavy atom. The first-order valence-electron chi connectivity index (χ1n) is 9.70. The van der Waals surface area contributed by atoms with Gasteiger partial charge in [-0.15, -0.1) is 0 Å². The minimum absolute atomic E-state index is 0.111. The highest BCUT2D eigenvalue weighted by atomic mass is 16.5. The zero-order valence-electron chi connectivity index (χ0n) is 17.3. The lowest BCUT2D eigenvalue weighted by atomic mass is 10.0. The Bertz CT molecular complexity index is 853. The van der Waals surface area contributed by atoms with Gasteiger partial charge in [0.05, 0.1) is 6.04 Å². The Labute approximate surface area is 176 Å². The van der Waals surface area contributed by atoms with E-state index in [9.17, 15) is 14.4 Å². The fourth-order valence-corrected chi connectivity index (χ4v) is 2.80. The van der Waals surface area contributed by atoms with Crippen LogP contribution in [-0.2, 0) is 9.59 Å². The van der Waals surface area contributed by atoms with Crippen molar-refractivity contribution in [3.8, 4) is 5.75 Å². The van der Waals surface area contributed by atoms with Crippen LogP contribution in [0.15, 0.2) is 54.6 Å². The lowest BCUT2D eigenvalue weighted by molar-refractivity contribution is -0.131. The predicted molar refractivity (Wildman–Crippen MR) is 115 cm³/mol. The van der Waals surface area contributed by atoms with Crippen molar-refractivity contribution in [1.82, 2.24) is 10.6 Å². The van der Waals surface area contributed by atoms with Crippen LogP contribution < -0.4 is 26.4 Å². The summed E-state index contributed by atoms with van der Waals surface area (Å²) in [6.45, 7) is 5.38. The van der Waals surface area contributed by atoms with Gasteiger partial charge < -0.3 is 26.4 Å². The van der Waals surface area contributed by atoms with Crippen molar-refractivity contribution in [2.24, 2.45) is 11.7 Å². The average molecular weight is 412 g/mol. The fraction of sp³-hybridized carbons (Fsp3) is 0.318. The minimum atomic E-state index is -0.699. The van der Waals surface area contributed by atoms with E-state index in [1.54, 1.807) is 36.4 Å². The Balaban J connectivity index is 1.92. The van der Waals surface area contributed by atoms with E-state index in [0.29, 0.717) is 11.4 Å². The van der Waals surface area contributed by atoms with Crippen LogP contribution in [0.5, 0.6) is 5.75 Å². The lowest BCUT2D eigenvalue weighted by Crippen LogP contribution is -2.51. The second kappa shape index (κ2) is 10.8. The summed E-state index contributed by atoms with van der Waals surface area (Å²) in [5.41, 5.74) is 6.51. The highest BCUT2D eigenvalue weighted by molar-refractivity contribution is 5.89. The van der Waals surface area contributed by atoms with Crippen LogP contribution >= 0.6 is 0 Å². The summed E-state index contributed by atoms with van der Waals surface area (Å²) < 4.78 is 5.43. The molecule has 2 aromatic rings. The third-order valence-corrected chi connectivity index (χ3v) is 4.42. The molecule has 8 heteroatoms. The van der Waals surface area contributed by atoms with Gasteiger partial charge in [0.15, 0.2) is 6.61 Å². The molecule has 2 rings (SSSR count). The quantitative estimate of drug-likeness (QED) is 0.505. The number of carbonyl (C=O) groups excluding carboxylic acids is 3. The molecule has 0 aromatic heterocycles. The van der Waals surface area contributed by atoms with E-state index in [0.717, 1.165) is 5.56 Å². The number of nitrogens with two attached hydrogens (primary N) is 1. The van der Waals surface area contributed by atoms with Gasteiger partial charge in [0.1, 0.15) is 11.8 Å². The first kappa shape index (κ1) is 22.7. The number of primary amides is 1. The molecule has 0 aliphatic rings. The molecule has 5 N–H and O–H groups in total. The maximum absolute atomic E-state index is 12.8. The summed E-state index contributed by atoms with van der Waals surface area (Å²) in [6.07, 6.45) is 0. The van der Waals surface area contributed by atoms with E-state index in [2.05, 4.69) is 16.0 Å². The van der Waals surface area contributed by atoms with Gasteiger partial charge in [-0.3, -0.25) is 9.59 Å². The van der Waals surface area contributed by atoms with E-state index in [-0.39, 0.29) is 30.4 Å². The number of benzene rings is 2. The molecule has 0 saturated heterocycles. The lowest BCUT2D eigenvalue weighted by Gasteiger charge is -2.24. The van der Waals surface area contributed by atoms with Gasteiger partial charge in [-0.1, -0.05) is 44.2 Å². The molecule has 30 heavy (non-hydrogen) atoms. The number of ether oxygens (including phenoxy) is 1. The number of anilines is 1. The topological polar surface area (TPSA) is 123 Å². The molecule has 0 aliphatic carbocycles. The van der Waals surface area contributed by atoms with Crippen LogP contribution in [0, 0.1) is 5.92 Å². The number of hydrogen-bond acceptors (Lipinski definition) is 4. The van der Waals surface area contributed by atoms with Crippen molar-refractivity contribution in [3.05, 3.63) is 60.2 Å². The Kier molecular flexibility index (Phi) is 8.22. The Morgan fingerprint density at radius 2 is 1.57 bits per heavy atom. The largest absolute Gasteiger partial charge is 0.484 e. The highest BCUT2D eigenvalue weighted by Crippen LogP contribution is 2.17. The molecule has 2 aromatic carbocycles. The maximum Gasteiger partial charge on any atom is 0.316 e. The zero-order chi connectivity index (χ0) is 22.1. The SMILES string of the molecule is CC(NC(=O)C(NC(=O)COc1ccccc1)C(C)C)c1ccc(NC(N)=O)cc1. The molecule has 0 heterocycles. The summed E-state index contributed by atoms with van der Waals surface area (Å²) in [5, 5.41) is 8.13. The molecule has 0 radical (unpaired) electrons. The summed E-state index contributed by atoms with van der Waals surface area (Å²) in [7, 11) is 0. The molecule has 2 unspecified atom stereocenters. The van der Waals surface area contributed by atoms with Crippen molar-refractivity contribution in [1.29, 1.82) is 0 Å². The highest BCUT2D eigenvalue weighted by Gasteiger charge is 2.25. The van der Waals surface area contributed by atoms with E-state index >= 15 is 0 Å². The zero-order valence-corrected chi connectivity index (χ0v) is 17.3. The van der Waals surface area contributed by atoms with Gasteiger partial charge in [-0.25, -0.2) is 4.79 Å². The number of hydrogen-bond donors (Lipinski definition) is 4. The second-order valence-corrected chi connectivity index (χ2v) is 7.23. The molecule has 0 bridgehead atoms. The van der Waals surface area contributed by atoms with Crippen LogP contribution in [0.2, 0.25) is 0 Å². The molecule has 160 valence electrons. The van der Waals surface area contributed by atoms with Crippen LogP contribution in [0.1, 0.15) is 32.4 Å². The third kappa shape index (κ3) is 7.12. The van der Waals surface area contributed by atoms with Crippen LogP contribution in [0.4, 0.5) is 10.5 Å². The Hall–Kier alpha value is -3.55. The normalized spacial score (nSPS) is 12.5. The first-order chi connectivity index (χ1) is 14.3. The molecular formula is C22H28N4O4. The first-order valence-corrected chi connectivity index (χ1v) is 9.70. The molecule has 0 fully saturated rings. The summed E-state index contributed by atoms with van der Waals surface area (Å²) in [5.74, 6) is -0.187. The molecule has 8 nitrogen and oxygen atoms in total. The van der Waals surface area contributed by atoms with Crippen LogP contribution in [-0.4, -0.2) is 30.5 Å². The van der Waals surface area contributed by atoms with Gasteiger partial charge in [-0.05, 0) is 42.7 Å². The molecule has 0 saturated carbocycles. The van der Waals surface area contributed by atoms with Gasteiger partial charge in [0, 0.05) is 5.69 Å². The molecular weight excluding hydrogens is 384 g/mol. The maximum atomic E-state index is 12.8. The van der Waals surface area contributed by atoms with Gasteiger partial charge in [0.2, 0.25) is 5.91 Å². The van der Waals surface area contributed by atoms with E-state index < -0.39 is 12.1 Å². The fourth-order valence-electron chi connectivity index (χ4n) is 2.80. The van der Waals surface area contributed by atoms with Crippen molar-refractivity contribution >= 4 is 23.5 Å². The monoisotopic (exact) mass is 412 g/mol. The number of nitrogens with one attached hydrogen (secondary N) is 3. The number of amides is 4. The molecule has 2 atom stereocenters. The van der Waals surface area contributed by atoms with Crippen molar-refractivity contribution < 1.29 is 19.1 Å². The summed E-state index contributed by atoms with van der Waals surface area (Å²) >= 11 is 0. The summed E-state index contributed by atoms with van der Waals surface area (Å²) in [6, 6.07) is 14.3. The van der Waals surface area contributed by atoms with Crippen molar-refractivity contribution in [2.45, 2.75) is 32.9 Å². The predicted octanol–water partition coefficient (Wildman–Crippen LogP) is 2.57. The molecule has 0 spiro atoms. The van der Waals surface area contributed by atoms with E-state index in [4.69, 9.17) is 10.5 Å². The van der Waals surface area contributed by atoms with Crippen LogP contribution in [0.3, 0.4) is 0 Å². The van der Waals surface area contributed by atoms with Gasteiger partial charge in [0.25, 0.3) is 5.91 Å². The van der Waals surface area contributed by atoms with Crippen LogP contribution in [0.25, 0.3) is 0 Å². The second-order valence-electron chi connectivity index (χ2n) is 7.23. The molecule has 0 aliphatic heterocycles. The van der Waals surface area contributed by atoms with Gasteiger partial charge >= 0.3 is 6.03 Å². The number of rotatable bonds is 9. The standard InChI is InChI=1S/C22H28N4O4/c1-14(2)20(26-19(27)13-30-18-7-5-4-6-8-18)21(28)24-15(3)16-9-11-17(12-10-16)25-22(23)29/h4-12,14-15,20H,13H2,1-3H3,(H,24,28)(H,26,27)(H3,23,25,29). The van der Waals surface area contributed by atoms with Crippen molar-refractivity contribution in [2.75, 3.05) is 11.9 Å². The van der Waals surface area contributed by atoms with E-state index in [1.807, 2.05) is 39.0 Å². The Morgan fingerprint density at radius 1 is 0.933 bits per heavy atom. The number of carbonyl (C=O) groups is 3. The van der Waals surface area contributed by atoms with Crippen molar-refractivity contribution in [3.63, 3.8) is 0 Å².